The van der Waals surface area contributed by atoms with Crippen molar-refractivity contribution in [2.24, 2.45) is 0 Å². The van der Waals surface area contributed by atoms with E-state index in [0.717, 1.165) is 19.3 Å². The fraction of sp³-hybridized carbons (Fsp3) is 0.875. The van der Waals surface area contributed by atoms with Crippen molar-refractivity contribution in [1.82, 2.24) is 10.2 Å². The molecule has 2 fully saturated rings. The summed E-state index contributed by atoms with van der Waals surface area (Å²) in [5, 5.41) is 3.21. The lowest BCUT2D eigenvalue weighted by molar-refractivity contribution is 0.209. The summed E-state index contributed by atoms with van der Waals surface area (Å²) in [5.74, 6) is 0. The van der Waals surface area contributed by atoms with Crippen molar-refractivity contribution >= 4 is 17.6 Å². The van der Waals surface area contributed by atoms with Crippen LogP contribution in [0.25, 0.3) is 0 Å². The third-order valence-corrected chi connectivity index (χ3v) is 3.28. The second-order valence-electron chi connectivity index (χ2n) is 3.64. The smallest absolute Gasteiger partial charge is 0.317 e. The Morgan fingerprint density at radius 1 is 1.58 bits per heavy atom. The number of hydrogen-bond acceptors (Lipinski definition) is 1. The highest BCUT2D eigenvalue weighted by atomic mass is 35.5. The average molecular weight is 189 g/mol. The van der Waals surface area contributed by atoms with Gasteiger partial charge in [0.05, 0.1) is 12.1 Å². The summed E-state index contributed by atoms with van der Waals surface area (Å²) in [6.45, 7) is 0. The predicted octanol–water partition coefficient (Wildman–Crippen LogP) is 1.17. The number of carbonyl (C=O) groups excluding carboxylic acids is 1. The first-order valence-electron chi connectivity index (χ1n) is 4.36. The van der Waals surface area contributed by atoms with Crippen LogP contribution in [0, 0.1) is 0 Å². The molecule has 1 N–H and O–H groups in total. The van der Waals surface area contributed by atoms with Crippen LogP contribution in [0.15, 0.2) is 0 Å². The van der Waals surface area contributed by atoms with Gasteiger partial charge in [-0.25, -0.2) is 4.79 Å². The first kappa shape index (κ1) is 8.17. The fourth-order valence-electron chi connectivity index (χ4n) is 2.10. The Morgan fingerprint density at radius 2 is 2.33 bits per heavy atom. The van der Waals surface area contributed by atoms with Crippen LogP contribution in [0.3, 0.4) is 0 Å². The number of rotatable bonds is 0. The van der Waals surface area contributed by atoms with Gasteiger partial charge in [-0.05, 0) is 19.3 Å². The zero-order chi connectivity index (χ0) is 8.72. The van der Waals surface area contributed by atoms with Crippen molar-refractivity contribution in [3.8, 4) is 0 Å². The molecule has 0 aromatic carbocycles. The van der Waals surface area contributed by atoms with Gasteiger partial charge in [0.1, 0.15) is 0 Å². The van der Waals surface area contributed by atoms with E-state index in [4.69, 9.17) is 11.6 Å². The van der Waals surface area contributed by atoms with Crippen LogP contribution in [-0.4, -0.2) is 35.4 Å². The van der Waals surface area contributed by atoms with Crippen molar-refractivity contribution < 1.29 is 4.79 Å². The SMILES string of the molecule is CN1C(=O)NC2CCC(Cl)CC21. The maximum absolute atomic E-state index is 11.2. The zero-order valence-electron chi connectivity index (χ0n) is 7.09. The summed E-state index contributed by atoms with van der Waals surface area (Å²) < 4.78 is 0. The molecule has 68 valence electrons. The summed E-state index contributed by atoms with van der Waals surface area (Å²) in [6, 6.07) is 0.724. The number of fused-ring (bicyclic) bond motifs is 1. The first-order valence-corrected chi connectivity index (χ1v) is 4.79. The number of nitrogens with zero attached hydrogens (tertiary/aromatic N) is 1. The number of amides is 2. The normalized spacial score (nSPS) is 41.0. The second kappa shape index (κ2) is 2.80. The maximum Gasteiger partial charge on any atom is 0.317 e. The number of nitrogens with one attached hydrogen (secondary N) is 1. The van der Waals surface area contributed by atoms with E-state index in [2.05, 4.69) is 5.32 Å². The number of likely N-dealkylation sites (N-methyl/N-ethyl adjacent to an activating group) is 1. The van der Waals surface area contributed by atoms with E-state index in [-0.39, 0.29) is 11.4 Å². The Hall–Kier alpha value is -0.440. The van der Waals surface area contributed by atoms with Crippen molar-refractivity contribution in [3.05, 3.63) is 0 Å². The molecular weight excluding hydrogens is 176 g/mol. The van der Waals surface area contributed by atoms with Crippen LogP contribution in [0.1, 0.15) is 19.3 Å². The van der Waals surface area contributed by atoms with Gasteiger partial charge in [0.25, 0.3) is 0 Å². The van der Waals surface area contributed by atoms with Gasteiger partial charge in [-0.2, -0.15) is 0 Å². The molecule has 12 heavy (non-hydrogen) atoms. The summed E-state index contributed by atoms with van der Waals surface area (Å²) >= 11 is 6.03. The number of alkyl halides is 1. The lowest BCUT2D eigenvalue weighted by Gasteiger charge is -2.30. The molecule has 1 aliphatic heterocycles. The van der Waals surface area contributed by atoms with Crippen LogP contribution in [0.4, 0.5) is 4.79 Å². The van der Waals surface area contributed by atoms with E-state index in [1.54, 1.807) is 4.90 Å². The van der Waals surface area contributed by atoms with Crippen LogP contribution in [0.2, 0.25) is 0 Å². The van der Waals surface area contributed by atoms with Gasteiger partial charge in [0.15, 0.2) is 0 Å². The van der Waals surface area contributed by atoms with Crippen molar-refractivity contribution in [2.45, 2.75) is 36.7 Å². The molecule has 3 unspecified atom stereocenters. The zero-order valence-corrected chi connectivity index (χ0v) is 7.84. The molecule has 0 radical (unpaired) electrons. The molecule has 0 bridgehead atoms. The summed E-state index contributed by atoms with van der Waals surface area (Å²) in [7, 11) is 1.84. The Kier molecular flexibility index (Phi) is 1.91. The third-order valence-electron chi connectivity index (χ3n) is 2.88. The molecule has 1 heterocycles. The van der Waals surface area contributed by atoms with Gasteiger partial charge in [-0.1, -0.05) is 0 Å². The molecule has 4 heteroatoms. The number of hydrogen-bond donors (Lipinski definition) is 1. The van der Waals surface area contributed by atoms with Gasteiger partial charge in [0, 0.05) is 12.4 Å². The Balaban J connectivity index is 2.10. The van der Waals surface area contributed by atoms with Gasteiger partial charge < -0.3 is 10.2 Å². The molecule has 2 rings (SSSR count). The summed E-state index contributed by atoms with van der Waals surface area (Å²) in [5.41, 5.74) is 0. The molecule has 2 amide bonds. The molecule has 0 aromatic heterocycles. The maximum atomic E-state index is 11.2. The minimum atomic E-state index is 0.0516. The standard InChI is InChI=1S/C8H13ClN2O/c1-11-7-4-5(9)2-3-6(7)10-8(11)12/h5-7H,2-4H2,1H3,(H,10,12). The molecule has 1 saturated heterocycles. The third kappa shape index (κ3) is 1.16. The van der Waals surface area contributed by atoms with Crippen LogP contribution in [-0.2, 0) is 0 Å². The molecule has 0 spiro atoms. The van der Waals surface area contributed by atoms with E-state index in [1.807, 2.05) is 7.05 Å². The number of urea groups is 1. The quantitative estimate of drug-likeness (QED) is 0.569. The number of halogens is 1. The fourth-order valence-corrected chi connectivity index (χ4v) is 2.41. The van der Waals surface area contributed by atoms with Crippen molar-refractivity contribution in [1.29, 1.82) is 0 Å². The number of carbonyl (C=O) groups is 1. The van der Waals surface area contributed by atoms with Gasteiger partial charge >= 0.3 is 6.03 Å². The molecule has 1 aliphatic carbocycles. The Morgan fingerprint density at radius 3 is 3.08 bits per heavy atom. The van der Waals surface area contributed by atoms with Crippen LogP contribution >= 0.6 is 11.6 Å². The molecule has 1 saturated carbocycles. The minimum absolute atomic E-state index is 0.0516. The van der Waals surface area contributed by atoms with E-state index in [9.17, 15) is 4.79 Å². The highest BCUT2D eigenvalue weighted by molar-refractivity contribution is 6.20. The lowest BCUT2D eigenvalue weighted by atomic mass is 9.91. The second-order valence-corrected chi connectivity index (χ2v) is 4.26. The predicted molar refractivity (Wildman–Crippen MR) is 47.4 cm³/mol. The van der Waals surface area contributed by atoms with E-state index in [0.29, 0.717) is 12.1 Å². The molecule has 3 atom stereocenters. The first-order chi connectivity index (χ1) is 5.68. The molecule has 3 nitrogen and oxygen atoms in total. The largest absolute Gasteiger partial charge is 0.333 e. The van der Waals surface area contributed by atoms with E-state index in [1.165, 1.54) is 0 Å². The lowest BCUT2D eigenvalue weighted by Crippen LogP contribution is -2.40. The Bertz CT molecular complexity index is 209. The van der Waals surface area contributed by atoms with Gasteiger partial charge in [-0.15, -0.1) is 11.6 Å². The van der Waals surface area contributed by atoms with Crippen molar-refractivity contribution in [3.63, 3.8) is 0 Å². The highest BCUT2D eigenvalue weighted by Gasteiger charge is 2.40. The molecule has 2 aliphatic rings. The minimum Gasteiger partial charge on any atom is -0.333 e. The average Bonchev–Trinajstić information content (AvgIpc) is 2.31. The van der Waals surface area contributed by atoms with E-state index < -0.39 is 0 Å². The summed E-state index contributed by atoms with van der Waals surface area (Å²) in [6.07, 6.45) is 2.98. The summed E-state index contributed by atoms with van der Waals surface area (Å²) in [4.78, 5) is 13.0. The van der Waals surface area contributed by atoms with E-state index >= 15 is 0 Å². The Labute approximate surface area is 77.1 Å². The molecular formula is C8H13ClN2O. The molecule has 0 aromatic rings. The van der Waals surface area contributed by atoms with Gasteiger partial charge in [-0.3, -0.25) is 0 Å². The topological polar surface area (TPSA) is 32.3 Å². The monoisotopic (exact) mass is 188 g/mol. The van der Waals surface area contributed by atoms with Crippen LogP contribution in [0.5, 0.6) is 0 Å². The van der Waals surface area contributed by atoms with Crippen LogP contribution < -0.4 is 5.32 Å². The van der Waals surface area contributed by atoms with Crippen molar-refractivity contribution in [2.75, 3.05) is 7.05 Å². The highest BCUT2D eigenvalue weighted by Crippen LogP contribution is 2.29. The van der Waals surface area contributed by atoms with Gasteiger partial charge in [0.2, 0.25) is 0 Å².